The van der Waals surface area contributed by atoms with Crippen LogP contribution in [0.3, 0.4) is 0 Å². The molecule has 0 unspecified atom stereocenters. The van der Waals surface area contributed by atoms with Gasteiger partial charge in [-0.05, 0) is 47.2 Å². The topological polar surface area (TPSA) is 54.0 Å². The number of nitrogens with one attached hydrogen (secondary N) is 2. The molecular weight excluding hydrogens is 318 g/mol. The van der Waals surface area contributed by atoms with Gasteiger partial charge in [0, 0.05) is 23.8 Å². The van der Waals surface area contributed by atoms with Crippen molar-refractivity contribution in [3.05, 3.63) is 22.3 Å². The molecule has 110 valence electrons. The van der Waals surface area contributed by atoms with Crippen molar-refractivity contribution in [2.45, 2.75) is 39.0 Å². The van der Waals surface area contributed by atoms with E-state index in [0.717, 1.165) is 36.3 Å². The molecule has 4 nitrogen and oxygen atoms in total. The Balaban J connectivity index is 1.89. The fourth-order valence-corrected chi connectivity index (χ4v) is 2.42. The molecule has 1 aromatic heterocycles. The molecule has 1 heterocycles. The molecule has 2 N–H and O–H groups in total. The second-order valence-corrected chi connectivity index (χ2v) is 6.23. The average molecular weight is 340 g/mol. The summed E-state index contributed by atoms with van der Waals surface area (Å²) < 4.78 is 0.822. The number of amides is 1. The van der Waals surface area contributed by atoms with E-state index < -0.39 is 0 Å². The molecule has 1 aliphatic carbocycles. The molecule has 0 saturated heterocycles. The highest BCUT2D eigenvalue weighted by Gasteiger charge is 2.20. The van der Waals surface area contributed by atoms with Crippen molar-refractivity contribution < 1.29 is 4.79 Å². The van der Waals surface area contributed by atoms with Crippen LogP contribution in [0.5, 0.6) is 0 Å². The lowest BCUT2D eigenvalue weighted by atomic mass is 10.2. The Labute approximate surface area is 128 Å². The molecule has 0 aromatic carbocycles. The predicted molar refractivity (Wildman–Crippen MR) is 85.0 cm³/mol. The second-order valence-electron chi connectivity index (χ2n) is 5.32. The van der Waals surface area contributed by atoms with E-state index in [4.69, 9.17) is 0 Å². The number of hydrogen-bond donors (Lipinski definition) is 2. The van der Waals surface area contributed by atoms with Crippen LogP contribution in [-0.2, 0) is 0 Å². The predicted octanol–water partition coefficient (Wildman–Crippen LogP) is 3.59. The summed E-state index contributed by atoms with van der Waals surface area (Å²) in [5.41, 5.74) is 0.610. The van der Waals surface area contributed by atoms with Gasteiger partial charge in [-0.3, -0.25) is 4.79 Å². The van der Waals surface area contributed by atoms with Crippen molar-refractivity contribution in [2.24, 2.45) is 5.92 Å². The van der Waals surface area contributed by atoms with E-state index in [2.05, 4.69) is 38.5 Å². The first-order valence-corrected chi connectivity index (χ1v) is 8.17. The summed E-state index contributed by atoms with van der Waals surface area (Å²) in [5.74, 6) is 1.53. The summed E-state index contributed by atoms with van der Waals surface area (Å²) in [4.78, 5) is 16.5. The van der Waals surface area contributed by atoms with Crippen LogP contribution < -0.4 is 10.6 Å². The Kier molecular flexibility index (Phi) is 5.83. The number of rotatable bonds is 8. The molecule has 0 radical (unpaired) electrons. The van der Waals surface area contributed by atoms with E-state index in [1.165, 1.54) is 19.3 Å². The number of hydrogen-bond acceptors (Lipinski definition) is 3. The van der Waals surface area contributed by atoms with Crippen molar-refractivity contribution in [1.82, 2.24) is 10.3 Å². The number of anilines is 1. The number of carbonyl (C=O) groups excluding carboxylic acids is 1. The van der Waals surface area contributed by atoms with Crippen molar-refractivity contribution in [3.8, 4) is 0 Å². The lowest BCUT2D eigenvalue weighted by Crippen LogP contribution is -2.26. The SMILES string of the molecule is CCCNc1ncc(Br)cc1C(=O)NCCCC1CC1. The van der Waals surface area contributed by atoms with Crippen LogP contribution in [0.1, 0.15) is 49.4 Å². The molecule has 0 bridgehead atoms. The highest BCUT2D eigenvalue weighted by atomic mass is 79.9. The second kappa shape index (κ2) is 7.62. The Morgan fingerprint density at radius 3 is 2.95 bits per heavy atom. The van der Waals surface area contributed by atoms with Gasteiger partial charge in [0.15, 0.2) is 0 Å². The monoisotopic (exact) mass is 339 g/mol. The number of aromatic nitrogens is 1. The van der Waals surface area contributed by atoms with Crippen LogP contribution in [0.15, 0.2) is 16.7 Å². The Morgan fingerprint density at radius 1 is 1.45 bits per heavy atom. The molecule has 0 aliphatic heterocycles. The molecule has 1 amide bonds. The Morgan fingerprint density at radius 2 is 2.25 bits per heavy atom. The molecule has 0 atom stereocenters. The highest BCUT2D eigenvalue weighted by molar-refractivity contribution is 9.10. The zero-order valence-corrected chi connectivity index (χ0v) is 13.5. The van der Waals surface area contributed by atoms with Gasteiger partial charge in [-0.1, -0.05) is 19.8 Å². The Bertz CT molecular complexity index is 460. The average Bonchev–Trinajstić information content (AvgIpc) is 3.26. The largest absolute Gasteiger partial charge is 0.369 e. The fourth-order valence-electron chi connectivity index (χ4n) is 2.09. The number of halogens is 1. The van der Waals surface area contributed by atoms with Gasteiger partial charge in [-0.15, -0.1) is 0 Å². The number of nitrogens with zero attached hydrogens (tertiary/aromatic N) is 1. The molecule has 1 fully saturated rings. The number of pyridine rings is 1. The smallest absolute Gasteiger partial charge is 0.255 e. The van der Waals surface area contributed by atoms with Gasteiger partial charge in [-0.2, -0.15) is 0 Å². The maximum absolute atomic E-state index is 12.2. The first-order valence-electron chi connectivity index (χ1n) is 7.38. The lowest BCUT2D eigenvalue weighted by Gasteiger charge is -2.11. The van der Waals surface area contributed by atoms with Gasteiger partial charge in [0.05, 0.1) is 5.56 Å². The van der Waals surface area contributed by atoms with E-state index in [-0.39, 0.29) is 5.91 Å². The zero-order chi connectivity index (χ0) is 14.4. The molecule has 20 heavy (non-hydrogen) atoms. The summed E-state index contributed by atoms with van der Waals surface area (Å²) in [5, 5.41) is 6.18. The first kappa shape index (κ1) is 15.3. The van der Waals surface area contributed by atoms with Crippen molar-refractivity contribution in [3.63, 3.8) is 0 Å². The summed E-state index contributed by atoms with van der Waals surface area (Å²) in [6, 6.07) is 1.82. The standard InChI is InChI=1S/C15H22BrN3O/c1-2-7-17-14-13(9-12(16)10-19-14)15(20)18-8-3-4-11-5-6-11/h9-11H,2-8H2,1H3,(H,17,19)(H,18,20). The van der Waals surface area contributed by atoms with Crippen LogP contribution in [-0.4, -0.2) is 24.0 Å². The van der Waals surface area contributed by atoms with E-state index in [0.29, 0.717) is 11.4 Å². The van der Waals surface area contributed by atoms with Gasteiger partial charge in [0.1, 0.15) is 5.82 Å². The van der Waals surface area contributed by atoms with E-state index in [9.17, 15) is 4.79 Å². The van der Waals surface area contributed by atoms with Crippen molar-refractivity contribution in [1.29, 1.82) is 0 Å². The van der Waals surface area contributed by atoms with Crippen molar-refractivity contribution in [2.75, 3.05) is 18.4 Å². The van der Waals surface area contributed by atoms with Crippen LogP contribution >= 0.6 is 15.9 Å². The Hall–Kier alpha value is -1.10. The maximum atomic E-state index is 12.2. The zero-order valence-electron chi connectivity index (χ0n) is 11.9. The van der Waals surface area contributed by atoms with E-state index in [1.54, 1.807) is 6.20 Å². The van der Waals surface area contributed by atoms with Gasteiger partial charge in [-0.25, -0.2) is 4.98 Å². The number of carbonyl (C=O) groups is 1. The fraction of sp³-hybridized carbons (Fsp3) is 0.600. The van der Waals surface area contributed by atoms with Gasteiger partial charge in [0.2, 0.25) is 0 Å². The van der Waals surface area contributed by atoms with Gasteiger partial charge >= 0.3 is 0 Å². The third-order valence-electron chi connectivity index (χ3n) is 3.41. The van der Waals surface area contributed by atoms with Crippen LogP contribution in [0, 0.1) is 5.92 Å². The highest BCUT2D eigenvalue weighted by Crippen LogP contribution is 2.33. The lowest BCUT2D eigenvalue weighted by molar-refractivity contribution is 0.0953. The third-order valence-corrected chi connectivity index (χ3v) is 3.85. The molecule has 1 aliphatic rings. The minimum atomic E-state index is -0.0480. The molecule has 2 rings (SSSR count). The molecule has 5 heteroatoms. The first-order chi connectivity index (χ1) is 9.70. The molecule has 0 spiro atoms. The molecule has 1 aromatic rings. The van der Waals surface area contributed by atoms with Gasteiger partial charge < -0.3 is 10.6 Å². The maximum Gasteiger partial charge on any atom is 0.255 e. The minimum Gasteiger partial charge on any atom is -0.369 e. The minimum absolute atomic E-state index is 0.0480. The summed E-state index contributed by atoms with van der Waals surface area (Å²) in [6.07, 6.45) is 7.75. The molecular formula is C15H22BrN3O. The molecule has 1 saturated carbocycles. The normalized spacial score (nSPS) is 14.1. The quantitative estimate of drug-likeness (QED) is 0.711. The summed E-state index contributed by atoms with van der Waals surface area (Å²) >= 11 is 3.37. The van der Waals surface area contributed by atoms with E-state index in [1.807, 2.05) is 6.07 Å². The van der Waals surface area contributed by atoms with Gasteiger partial charge in [0.25, 0.3) is 5.91 Å². The summed E-state index contributed by atoms with van der Waals surface area (Å²) in [6.45, 7) is 3.65. The van der Waals surface area contributed by atoms with Crippen molar-refractivity contribution >= 4 is 27.7 Å². The summed E-state index contributed by atoms with van der Waals surface area (Å²) in [7, 11) is 0. The van der Waals surface area contributed by atoms with Crippen LogP contribution in [0.2, 0.25) is 0 Å². The van der Waals surface area contributed by atoms with Crippen LogP contribution in [0.25, 0.3) is 0 Å². The van der Waals surface area contributed by atoms with Crippen LogP contribution in [0.4, 0.5) is 5.82 Å². The third kappa shape index (κ3) is 4.78. The van der Waals surface area contributed by atoms with E-state index >= 15 is 0 Å².